The number of rotatable bonds is 57. The van der Waals surface area contributed by atoms with Gasteiger partial charge in [-0.1, -0.05) is 54.7 Å². The molecular weight excluding hydrogens is 1210 g/mol. The van der Waals surface area contributed by atoms with Crippen LogP contribution >= 0.6 is 47.0 Å². The van der Waals surface area contributed by atoms with Crippen molar-refractivity contribution in [2.75, 3.05) is 125 Å². The molecule has 0 unspecified atom stereocenters. The number of carbonyl (C=O) groups excluding carboxylic acids is 4. The summed E-state index contributed by atoms with van der Waals surface area (Å²) in [5, 5.41) is 120. The van der Waals surface area contributed by atoms with E-state index in [1.54, 1.807) is 79.7 Å². The van der Waals surface area contributed by atoms with Gasteiger partial charge >= 0.3 is 0 Å². The van der Waals surface area contributed by atoms with Gasteiger partial charge in [0.05, 0.1) is 118 Å². The highest BCUT2D eigenvalue weighted by molar-refractivity contribution is 7.99. The Morgan fingerprint density at radius 2 is 0.747 bits per heavy atom. The molecule has 0 aliphatic rings. The quantitative estimate of drug-likeness (QED) is 0.0328. The second-order valence-corrected chi connectivity index (χ2v) is 26.7. The fourth-order valence-electron chi connectivity index (χ4n) is 8.32. The van der Waals surface area contributed by atoms with E-state index in [1.165, 1.54) is 25.7 Å². The highest BCUT2D eigenvalue weighted by Gasteiger charge is 2.35. The van der Waals surface area contributed by atoms with Crippen molar-refractivity contribution in [1.29, 1.82) is 0 Å². The molecule has 12 N–H and O–H groups in total. The third-order valence-corrected chi connectivity index (χ3v) is 18.1. The molecule has 32 heteroatoms. The van der Waals surface area contributed by atoms with Gasteiger partial charge in [-0.25, -0.2) is 0 Å². The van der Waals surface area contributed by atoms with E-state index in [0.717, 1.165) is 43.6 Å². The first-order valence-corrected chi connectivity index (χ1v) is 34.4. The number of hydrogen-bond acceptors (Lipinski definition) is 26. The van der Waals surface area contributed by atoms with Gasteiger partial charge in [-0.05, 0) is 48.7 Å². The van der Waals surface area contributed by atoms with Crippen LogP contribution in [0.1, 0.15) is 114 Å². The molecule has 3 rings (SSSR count). The van der Waals surface area contributed by atoms with Crippen LogP contribution in [-0.4, -0.2) is 256 Å². The molecule has 0 aliphatic carbocycles. The highest BCUT2D eigenvalue weighted by atomic mass is 32.2. The minimum Gasteiger partial charge on any atom is -0.396 e. The van der Waals surface area contributed by atoms with Crippen LogP contribution < -0.4 is 16.0 Å². The number of aryl methyl sites for hydroxylation is 3. The topological polar surface area (TPSA) is 406 Å². The fourth-order valence-corrected chi connectivity index (χ4v) is 11.9. The Balaban J connectivity index is 1.67. The van der Waals surface area contributed by atoms with Crippen LogP contribution in [0.3, 0.4) is 0 Å². The van der Waals surface area contributed by atoms with Crippen molar-refractivity contribution in [3.63, 3.8) is 0 Å². The van der Waals surface area contributed by atoms with Crippen LogP contribution in [0.25, 0.3) is 0 Å². The van der Waals surface area contributed by atoms with E-state index in [-0.39, 0.29) is 95.3 Å². The molecule has 0 atom stereocenters. The predicted molar refractivity (Wildman–Crippen MR) is 332 cm³/mol. The lowest BCUT2D eigenvalue weighted by molar-refractivity contribution is -0.128. The van der Waals surface area contributed by atoms with Crippen LogP contribution in [0.4, 0.5) is 0 Å². The zero-order valence-corrected chi connectivity index (χ0v) is 53.8. The SMILES string of the molecule is CCCCCCCCSCCC(=O)NC(COCc1cn(CCCSCCC(=O)CC(CO)(CO)CO)nn1)(COCc1cn(CCCSCCC(=O)NC(CO)(CO)CO)nn1)COCc1cn(CCCSCCC(=O)NC(CO)(CO)CO)nn1. The second kappa shape index (κ2) is 45.6. The van der Waals surface area contributed by atoms with Gasteiger partial charge in [0, 0.05) is 80.2 Å². The zero-order valence-electron chi connectivity index (χ0n) is 50.6. The molecule has 3 amide bonds. The molecule has 3 heterocycles. The number of hydrogen-bond donors (Lipinski definition) is 12. The largest absolute Gasteiger partial charge is 0.396 e. The van der Waals surface area contributed by atoms with E-state index in [9.17, 15) is 65.1 Å². The van der Waals surface area contributed by atoms with Crippen molar-refractivity contribution < 1.29 is 79.3 Å². The summed E-state index contributed by atoms with van der Waals surface area (Å²) in [6.45, 7) is -1.15. The number of Topliss-reactive ketones (excluding diaryl/α,β-unsaturated/α-hetero) is 1. The summed E-state index contributed by atoms with van der Waals surface area (Å²) in [7, 11) is 0. The fraction of sp³-hybridized carbons (Fsp3) is 0.818. The molecular formula is C55H98N12O16S4. The molecule has 3 aromatic heterocycles. The number of carbonyl (C=O) groups is 4. The molecule has 87 heavy (non-hydrogen) atoms. The summed E-state index contributed by atoms with van der Waals surface area (Å²) in [5.74, 6) is 4.17. The first kappa shape index (κ1) is 77.7. The Morgan fingerprint density at radius 3 is 1.09 bits per heavy atom. The second-order valence-electron chi connectivity index (χ2n) is 21.8. The zero-order chi connectivity index (χ0) is 63.5. The minimum atomic E-state index is -1.47. The first-order chi connectivity index (χ1) is 42.2. The van der Waals surface area contributed by atoms with Gasteiger partial charge < -0.3 is 76.1 Å². The van der Waals surface area contributed by atoms with E-state index in [0.29, 0.717) is 71.2 Å². The van der Waals surface area contributed by atoms with Gasteiger partial charge in [0.15, 0.2) is 0 Å². The summed E-state index contributed by atoms with van der Waals surface area (Å²) < 4.78 is 24.1. The van der Waals surface area contributed by atoms with Crippen LogP contribution in [0.15, 0.2) is 18.6 Å². The number of ether oxygens (including phenoxy) is 3. The Morgan fingerprint density at radius 1 is 0.425 bits per heavy atom. The van der Waals surface area contributed by atoms with E-state index >= 15 is 0 Å². The number of ketones is 1. The average molecular weight is 1310 g/mol. The normalized spacial score (nSPS) is 12.3. The molecule has 0 bridgehead atoms. The first-order valence-electron chi connectivity index (χ1n) is 29.8. The molecule has 0 aliphatic heterocycles. The van der Waals surface area contributed by atoms with E-state index in [4.69, 9.17) is 14.2 Å². The van der Waals surface area contributed by atoms with Gasteiger partial charge in [-0.15, -0.1) is 15.3 Å². The minimum absolute atomic E-state index is 0.0454. The third-order valence-electron chi connectivity index (χ3n) is 13.9. The molecule has 498 valence electrons. The monoisotopic (exact) mass is 1310 g/mol. The van der Waals surface area contributed by atoms with E-state index < -0.39 is 81.5 Å². The lowest BCUT2D eigenvalue weighted by atomic mass is 9.85. The molecule has 0 radical (unpaired) electrons. The van der Waals surface area contributed by atoms with Crippen LogP contribution in [0, 0.1) is 5.41 Å². The standard InChI is InChI=1S/C55H98N12O16S4/c1-2-3-4-5-6-7-18-84-23-14-51(80)58-55(42-81-30-45-27-65(62-59-45)15-8-19-85-22-11-48(77)26-52(33-68,34-69)35-70,43-82-31-46-28-66(63-60-46)16-9-20-86-24-12-49(78)56-53(36-71,37-72)38-73)44-83-32-47-29-67(64-61-47)17-10-21-87-25-13-50(79)57-54(39-74,40-75)41-76/h27-29,68-76H,2-26,30-44H2,1H3,(H,56,78)(H,57,79)(H,58,80). The molecule has 0 saturated carbocycles. The Bertz CT molecular complexity index is 2070. The van der Waals surface area contributed by atoms with E-state index in [1.807, 2.05) is 0 Å². The molecule has 28 nitrogen and oxygen atoms in total. The Kier molecular flexibility index (Phi) is 40.7. The van der Waals surface area contributed by atoms with Crippen LogP contribution in [0.5, 0.6) is 0 Å². The Labute approximate surface area is 527 Å². The molecule has 0 fully saturated rings. The summed E-state index contributed by atoms with van der Waals surface area (Å²) >= 11 is 6.45. The van der Waals surface area contributed by atoms with Crippen molar-refractivity contribution in [2.24, 2.45) is 5.41 Å². The Hall–Kier alpha value is -3.58. The van der Waals surface area contributed by atoms with Crippen LogP contribution in [-0.2, 0) is 72.8 Å². The van der Waals surface area contributed by atoms with Gasteiger partial charge in [0.25, 0.3) is 0 Å². The molecule has 0 saturated heterocycles. The van der Waals surface area contributed by atoms with Crippen molar-refractivity contribution in [3.05, 3.63) is 35.7 Å². The summed E-state index contributed by atoms with van der Waals surface area (Å²) in [5.41, 5.74) is -3.72. The number of amides is 3. The third kappa shape index (κ3) is 31.8. The summed E-state index contributed by atoms with van der Waals surface area (Å²) in [6, 6.07) is 0. The van der Waals surface area contributed by atoms with Crippen molar-refractivity contribution in [2.45, 2.75) is 153 Å². The number of thioether (sulfide) groups is 4. The maximum Gasteiger partial charge on any atom is 0.221 e. The maximum absolute atomic E-state index is 13.9. The number of aliphatic hydroxyl groups is 9. The number of aromatic nitrogens is 9. The number of aliphatic hydroxyl groups excluding tert-OH is 9. The predicted octanol–water partition coefficient (Wildman–Crippen LogP) is -0.123. The summed E-state index contributed by atoms with van der Waals surface area (Å²) in [4.78, 5) is 51.1. The maximum atomic E-state index is 13.9. The number of unbranched alkanes of at least 4 members (excludes halogenated alkanes) is 5. The number of nitrogens with zero attached hydrogens (tertiary/aromatic N) is 9. The lowest BCUT2D eigenvalue weighted by Gasteiger charge is -2.34. The molecule has 0 aromatic carbocycles. The number of nitrogens with one attached hydrogen (secondary N) is 3. The van der Waals surface area contributed by atoms with Crippen LogP contribution in [0.2, 0.25) is 0 Å². The molecule has 3 aromatic rings. The van der Waals surface area contributed by atoms with E-state index in [2.05, 4.69) is 53.8 Å². The average Bonchev–Trinajstić information content (AvgIpc) is 4.39. The smallest absolute Gasteiger partial charge is 0.221 e. The van der Waals surface area contributed by atoms with Gasteiger partial charge in [-0.3, -0.25) is 33.2 Å². The van der Waals surface area contributed by atoms with Crippen molar-refractivity contribution in [1.82, 2.24) is 60.9 Å². The highest BCUT2D eigenvalue weighted by Crippen LogP contribution is 2.23. The lowest BCUT2D eigenvalue weighted by Crippen LogP contribution is -2.58. The van der Waals surface area contributed by atoms with Crippen molar-refractivity contribution in [3.8, 4) is 0 Å². The van der Waals surface area contributed by atoms with Gasteiger partial charge in [0.2, 0.25) is 17.7 Å². The molecule has 0 spiro atoms. The van der Waals surface area contributed by atoms with Gasteiger partial charge in [0.1, 0.15) is 39.5 Å². The van der Waals surface area contributed by atoms with Gasteiger partial charge in [-0.2, -0.15) is 47.0 Å². The summed E-state index contributed by atoms with van der Waals surface area (Å²) in [6.07, 6.45) is 15.3. The van der Waals surface area contributed by atoms with Crippen molar-refractivity contribution >= 4 is 70.6 Å².